The predicted molar refractivity (Wildman–Crippen MR) is 69.0 cm³/mol. The van der Waals surface area contributed by atoms with Crippen LogP contribution in [0.5, 0.6) is 11.5 Å². The molecule has 0 saturated heterocycles. The minimum Gasteiger partial charge on any atom is -0.549 e. The van der Waals surface area contributed by atoms with E-state index < -0.39 is 22.5 Å². The van der Waals surface area contributed by atoms with E-state index in [1.807, 2.05) is 4.72 Å². The Morgan fingerprint density at radius 2 is 1.80 bits per heavy atom. The van der Waals surface area contributed by atoms with E-state index in [1.165, 1.54) is 18.2 Å². The lowest BCUT2D eigenvalue weighted by Crippen LogP contribution is -2.37. The number of rotatable bonds is 8. The molecule has 0 spiro atoms. The van der Waals surface area contributed by atoms with Gasteiger partial charge in [-0.1, -0.05) is 0 Å². The minimum atomic E-state index is -3.93. The molecule has 20 heavy (non-hydrogen) atoms. The Hall–Kier alpha value is -1.80. The second-order valence-corrected chi connectivity index (χ2v) is 5.44. The Morgan fingerprint density at radius 1 is 1.20 bits per heavy atom. The first-order valence-electron chi connectivity index (χ1n) is 5.99. The second-order valence-electron chi connectivity index (χ2n) is 3.67. The first-order valence-corrected chi connectivity index (χ1v) is 7.48. The van der Waals surface area contributed by atoms with Gasteiger partial charge in [0.25, 0.3) is 0 Å². The number of benzene rings is 1. The Labute approximate surface area is 117 Å². The van der Waals surface area contributed by atoms with E-state index in [9.17, 15) is 18.3 Å². The van der Waals surface area contributed by atoms with Gasteiger partial charge >= 0.3 is 0 Å². The highest BCUT2D eigenvalue weighted by Gasteiger charge is 2.17. The van der Waals surface area contributed by atoms with E-state index in [0.29, 0.717) is 19.0 Å². The van der Waals surface area contributed by atoms with Crippen LogP contribution in [0.3, 0.4) is 0 Å². The molecule has 1 aromatic carbocycles. The molecule has 8 heteroatoms. The highest BCUT2D eigenvalue weighted by Crippen LogP contribution is 2.30. The lowest BCUT2D eigenvalue weighted by molar-refractivity contribution is -0.303. The first-order chi connectivity index (χ1) is 9.40. The maximum atomic E-state index is 11.9. The molecule has 0 saturated carbocycles. The van der Waals surface area contributed by atoms with Crippen molar-refractivity contribution in [2.24, 2.45) is 0 Å². The Bertz CT molecular complexity index is 569. The van der Waals surface area contributed by atoms with E-state index in [4.69, 9.17) is 9.47 Å². The molecular weight excluding hydrogens is 286 g/mol. The number of nitrogens with one attached hydrogen (secondary N) is 1. The number of hydrogen-bond acceptors (Lipinski definition) is 6. The van der Waals surface area contributed by atoms with Gasteiger partial charge in [0.05, 0.1) is 30.6 Å². The summed E-state index contributed by atoms with van der Waals surface area (Å²) in [6.07, 6.45) is 0. The maximum absolute atomic E-state index is 11.9. The topological polar surface area (TPSA) is 105 Å². The van der Waals surface area contributed by atoms with Crippen molar-refractivity contribution in [2.75, 3.05) is 19.8 Å². The van der Waals surface area contributed by atoms with Gasteiger partial charge in [-0.3, -0.25) is 0 Å². The van der Waals surface area contributed by atoms with Crippen LogP contribution in [0.2, 0.25) is 0 Å². The zero-order valence-electron chi connectivity index (χ0n) is 11.2. The van der Waals surface area contributed by atoms with Crippen molar-refractivity contribution in [2.45, 2.75) is 18.7 Å². The molecule has 0 unspecified atom stereocenters. The third-order valence-corrected chi connectivity index (χ3v) is 3.63. The number of carboxylic acids is 1. The lowest BCUT2D eigenvalue weighted by Gasteiger charge is -2.13. The van der Waals surface area contributed by atoms with E-state index >= 15 is 0 Å². The van der Waals surface area contributed by atoms with Gasteiger partial charge in [0.1, 0.15) is 0 Å². The van der Waals surface area contributed by atoms with Crippen LogP contribution in [-0.4, -0.2) is 34.1 Å². The summed E-state index contributed by atoms with van der Waals surface area (Å²) in [6.45, 7) is 3.51. The molecule has 112 valence electrons. The average molecular weight is 302 g/mol. The summed E-state index contributed by atoms with van der Waals surface area (Å²) in [5, 5.41) is 10.3. The average Bonchev–Trinajstić information content (AvgIpc) is 2.39. The number of ether oxygens (including phenoxy) is 2. The standard InChI is InChI=1S/C12H17NO6S/c1-3-18-10-6-5-9(7-11(10)19-4-2)20(16,17)13-8-12(14)15/h5-7,13H,3-4,8H2,1-2H3,(H,14,15)/p-1. The molecule has 7 nitrogen and oxygen atoms in total. The van der Waals surface area contributed by atoms with Crippen LogP contribution in [0.1, 0.15) is 13.8 Å². The SMILES string of the molecule is CCOc1ccc(S(=O)(=O)NCC(=O)[O-])cc1OCC. The van der Waals surface area contributed by atoms with Crippen LogP contribution in [0, 0.1) is 0 Å². The predicted octanol–water partition coefficient (Wildman–Crippen LogP) is -0.488. The van der Waals surface area contributed by atoms with Crippen LogP contribution in [0.25, 0.3) is 0 Å². The molecule has 0 aliphatic heterocycles. The first kappa shape index (κ1) is 16.3. The summed E-state index contributed by atoms with van der Waals surface area (Å²) >= 11 is 0. The molecule has 1 rings (SSSR count). The van der Waals surface area contributed by atoms with Gasteiger partial charge in [-0.05, 0) is 26.0 Å². The fourth-order valence-corrected chi connectivity index (χ4v) is 2.42. The van der Waals surface area contributed by atoms with Crippen molar-refractivity contribution in [1.29, 1.82) is 0 Å². The second kappa shape index (κ2) is 7.11. The quantitative estimate of drug-likeness (QED) is 0.695. The monoisotopic (exact) mass is 302 g/mol. The lowest BCUT2D eigenvalue weighted by atomic mass is 10.3. The highest BCUT2D eigenvalue weighted by atomic mass is 32.2. The van der Waals surface area contributed by atoms with Gasteiger partial charge < -0.3 is 19.4 Å². The molecule has 0 radical (unpaired) electrons. The summed E-state index contributed by atoms with van der Waals surface area (Å²) in [7, 11) is -3.93. The van der Waals surface area contributed by atoms with E-state index in [-0.39, 0.29) is 10.6 Å². The van der Waals surface area contributed by atoms with Gasteiger partial charge in [0.2, 0.25) is 10.0 Å². The number of carbonyl (C=O) groups is 1. The van der Waals surface area contributed by atoms with Gasteiger partial charge in [-0.15, -0.1) is 0 Å². The summed E-state index contributed by atoms with van der Waals surface area (Å²) in [5.74, 6) is -0.802. The van der Waals surface area contributed by atoms with Crippen LogP contribution in [-0.2, 0) is 14.8 Å². The summed E-state index contributed by atoms with van der Waals surface area (Å²) in [4.78, 5) is 10.2. The molecule has 0 aliphatic rings. The van der Waals surface area contributed by atoms with Crippen LogP contribution in [0.15, 0.2) is 23.1 Å². The van der Waals surface area contributed by atoms with E-state index in [2.05, 4.69) is 0 Å². The van der Waals surface area contributed by atoms with Crippen molar-refractivity contribution >= 4 is 16.0 Å². The molecule has 0 atom stereocenters. The van der Waals surface area contributed by atoms with Crippen molar-refractivity contribution < 1.29 is 27.8 Å². The van der Waals surface area contributed by atoms with Gasteiger partial charge in [0.15, 0.2) is 11.5 Å². The van der Waals surface area contributed by atoms with Gasteiger partial charge in [0, 0.05) is 6.07 Å². The van der Waals surface area contributed by atoms with Crippen molar-refractivity contribution in [3.05, 3.63) is 18.2 Å². The normalized spacial score (nSPS) is 11.1. The number of hydrogen-bond donors (Lipinski definition) is 1. The van der Waals surface area contributed by atoms with Crippen LogP contribution in [0.4, 0.5) is 0 Å². The zero-order valence-corrected chi connectivity index (χ0v) is 12.0. The molecular formula is C12H16NO6S-. The molecule has 0 heterocycles. The van der Waals surface area contributed by atoms with Gasteiger partial charge in [-0.2, -0.15) is 0 Å². The summed E-state index contributed by atoms with van der Waals surface area (Å²) in [5.41, 5.74) is 0. The third-order valence-electron chi connectivity index (χ3n) is 2.23. The summed E-state index contributed by atoms with van der Waals surface area (Å²) in [6, 6.07) is 4.05. The molecule has 0 aliphatic carbocycles. The van der Waals surface area contributed by atoms with Crippen molar-refractivity contribution in [1.82, 2.24) is 4.72 Å². The zero-order chi connectivity index (χ0) is 15.2. The summed E-state index contributed by atoms with van der Waals surface area (Å²) < 4.78 is 36.3. The maximum Gasteiger partial charge on any atom is 0.241 e. The highest BCUT2D eigenvalue weighted by molar-refractivity contribution is 7.89. The third kappa shape index (κ3) is 4.39. The Morgan fingerprint density at radius 3 is 2.35 bits per heavy atom. The number of carbonyl (C=O) groups excluding carboxylic acids is 1. The van der Waals surface area contributed by atoms with Crippen LogP contribution < -0.4 is 19.3 Å². The Kier molecular flexibility index (Phi) is 5.78. The fourth-order valence-electron chi connectivity index (χ4n) is 1.44. The number of aliphatic carboxylic acids is 1. The van der Waals surface area contributed by atoms with E-state index in [1.54, 1.807) is 13.8 Å². The number of sulfonamides is 1. The Balaban J connectivity index is 3.06. The van der Waals surface area contributed by atoms with Crippen molar-refractivity contribution in [3.8, 4) is 11.5 Å². The smallest absolute Gasteiger partial charge is 0.241 e. The molecule has 0 bridgehead atoms. The van der Waals surface area contributed by atoms with Gasteiger partial charge in [-0.25, -0.2) is 13.1 Å². The fraction of sp³-hybridized carbons (Fsp3) is 0.417. The molecule has 1 N–H and O–H groups in total. The number of carboxylic acid groups (broad SMARTS) is 1. The van der Waals surface area contributed by atoms with Crippen molar-refractivity contribution in [3.63, 3.8) is 0 Å². The molecule has 0 amide bonds. The minimum absolute atomic E-state index is 0.106. The largest absolute Gasteiger partial charge is 0.549 e. The van der Waals surface area contributed by atoms with E-state index in [0.717, 1.165) is 0 Å². The van der Waals surface area contributed by atoms with Crippen LogP contribution >= 0.6 is 0 Å². The molecule has 1 aromatic rings. The molecule has 0 fully saturated rings. The molecule has 0 aromatic heterocycles.